The van der Waals surface area contributed by atoms with E-state index in [9.17, 15) is 19.2 Å². The number of H-pyrrole nitrogens is 1. The number of rotatable bonds is 9. The van der Waals surface area contributed by atoms with E-state index in [1.807, 2.05) is 6.92 Å². The molecule has 0 spiro atoms. The zero-order chi connectivity index (χ0) is 22.4. The van der Waals surface area contributed by atoms with Crippen LogP contribution in [0.15, 0.2) is 50.1 Å². The molecule has 2 aromatic rings. The fraction of sp³-hybridized carbons (Fsp3) is 0.333. The number of hydrogen-bond acceptors (Lipinski definition) is 6. The number of nitrogens with zero attached hydrogens (tertiary/aromatic N) is 3. The molecule has 0 atom stereocenters. The maximum Gasteiger partial charge on any atom is 0.265 e. The maximum atomic E-state index is 12.4. The van der Waals surface area contributed by atoms with E-state index in [1.165, 1.54) is 0 Å². The van der Waals surface area contributed by atoms with Gasteiger partial charge in [0.2, 0.25) is 11.8 Å². The summed E-state index contributed by atoms with van der Waals surface area (Å²) in [6, 6.07) is 7.23. The summed E-state index contributed by atoms with van der Waals surface area (Å²) in [4.78, 5) is 47.7. The number of carbonyl (C=O) groups is 2. The molecule has 0 saturated heterocycles. The first-order valence-corrected chi connectivity index (χ1v) is 9.68. The van der Waals surface area contributed by atoms with Crippen molar-refractivity contribution in [3.8, 4) is 12.3 Å². The Morgan fingerprint density at radius 3 is 2.61 bits per heavy atom. The third-order valence-electron chi connectivity index (χ3n) is 4.79. The van der Waals surface area contributed by atoms with E-state index in [4.69, 9.17) is 6.42 Å². The van der Waals surface area contributed by atoms with Crippen LogP contribution in [0.25, 0.3) is 0 Å². The smallest absolute Gasteiger partial charge is 0.265 e. The zero-order valence-corrected chi connectivity index (χ0v) is 17.0. The third kappa shape index (κ3) is 5.99. The molecular weight excluding hydrogens is 400 g/mol. The SMILES string of the molecule is C#CCCC1(CCC(=O)Nc2cc(NC(=O)Cn3[nH]c(=O)ccc3=O)ccc2C)N=N1. The topological polar surface area (TPSA) is 138 Å². The van der Waals surface area contributed by atoms with E-state index in [0.29, 0.717) is 30.6 Å². The molecule has 1 aromatic carbocycles. The average molecular weight is 422 g/mol. The quantitative estimate of drug-likeness (QED) is 0.530. The lowest BCUT2D eigenvalue weighted by Gasteiger charge is -2.13. The van der Waals surface area contributed by atoms with Gasteiger partial charge >= 0.3 is 0 Å². The van der Waals surface area contributed by atoms with Crippen LogP contribution in [0, 0.1) is 19.3 Å². The predicted octanol–water partition coefficient (Wildman–Crippen LogP) is 1.78. The third-order valence-corrected chi connectivity index (χ3v) is 4.79. The molecule has 0 bridgehead atoms. The highest BCUT2D eigenvalue weighted by atomic mass is 16.2. The molecule has 0 saturated carbocycles. The molecule has 160 valence electrons. The molecule has 0 aliphatic carbocycles. The number of aromatic amines is 1. The van der Waals surface area contributed by atoms with Crippen LogP contribution >= 0.6 is 0 Å². The molecule has 1 aliphatic heterocycles. The molecule has 0 fully saturated rings. The van der Waals surface area contributed by atoms with Crippen molar-refractivity contribution in [2.24, 2.45) is 10.2 Å². The minimum Gasteiger partial charge on any atom is -0.326 e. The van der Waals surface area contributed by atoms with Crippen molar-refractivity contribution in [2.45, 2.75) is 44.8 Å². The van der Waals surface area contributed by atoms with Crippen molar-refractivity contribution < 1.29 is 9.59 Å². The van der Waals surface area contributed by atoms with Crippen molar-refractivity contribution >= 4 is 23.2 Å². The summed E-state index contributed by atoms with van der Waals surface area (Å²) in [5, 5.41) is 15.8. The van der Waals surface area contributed by atoms with Gasteiger partial charge in [0.1, 0.15) is 6.54 Å². The van der Waals surface area contributed by atoms with Crippen molar-refractivity contribution in [3.05, 3.63) is 56.6 Å². The molecule has 0 unspecified atom stereocenters. The standard InChI is InChI=1S/C21H22N6O4/c1-3-4-10-21(25-26-21)11-9-17(28)23-16-12-15(6-5-14(16)2)22-19(30)13-27-20(31)8-7-18(29)24-27/h1,5-8,12H,4,9-11,13H2,2H3,(H,22,30)(H,23,28)(H,24,29). The van der Waals surface area contributed by atoms with E-state index in [2.05, 4.69) is 31.9 Å². The van der Waals surface area contributed by atoms with Gasteiger partial charge in [-0.3, -0.25) is 24.3 Å². The van der Waals surface area contributed by atoms with Crippen LogP contribution in [0.2, 0.25) is 0 Å². The molecule has 2 heterocycles. The van der Waals surface area contributed by atoms with Gasteiger partial charge in [-0.2, -0.15) is 10.2 Å². The second kappa shape index (κ2) is 9.21. The number of hydrogen-bond donors (Lipinski definition) is 3. The minimum atomic E-state index is -0.523. The van der Waals surface area contributed by atoms with Crippen LogP contribution in [-0.2, 0) is 16.1 Å². The van der Waals surface area contributed by atoms with Crippen molar-refractivity contribution in [3.63, 3.8) is 0 Å². The average Bonchev–Trinajstić information content (AvgIpc) is 3.50. The Bertz CT molecular complexity index is 1180. The van der Waals surface area contributed by atoms with Gasteiger partial charge in [-0.05, 0) is 24.6 Å². The molecule has 10 heteroatoms. The van der Waals surface area contributed by atoms with E-state index in [0.717, 1.165) is 22.4 Å². The summed E-state index contributed by atoms with van der Waals surface area (Å²) >= 11 is 0. The fourth-order valence-corrected chi connectivity index (χ4v) is 2.95. The van der Waals surface area contributed by atoms with Gasteiger partial charge in [0.25, 0.3) is 11.1 Å². The van der Waals surface area contributed by atoms with Crippen molar-refractivity contribution in [2.75, 3.05) is 10.6 Å². The molecule has 31 heavy (non-hydrogen) atoms. The zero-order valence-electron chi connectivity index (χ0n) is 17.0. The first-order chi connectivity index (χ1) is 14.8. The van der Waals surface area contributed by atoms with Gasteiger partial charge in [-0.1, -0.05) is 6.07 Å². The lowest BCUT2D eigenvalue weighted by molar-refractivity contribution is -0.117. The Kier molecular flexibility index (Phi) is 6.45. The van der Waals surface area contributed by atoms with E-state index in [-0.39, 0.29) is 18.9 Å². The first kappa shape index (κ1) is 21.7. The highest BCUT2D eigenvalue weighted by Crippen LogP contribution is 2.37. The Balaban J connectivity index is 1.58. The largest absolute Gasteiger partial charge is 0.326 e. The van der Waals surface area contributed by atoms with Crippen molar-refractivity contribution in [1.82, 2.24) is 9.78 Å². The van der Waals surface area contributed by atoms with Crippen LogP contribution in [-0.4, -0.2) is 27.3 Å². The van der Waals surface area contributed by atoms with Gasteiger partial charge in [0, 0.05) is 49.2 Å². The molecule has 1 aromatic heterocycles. The van der Waals surface area contributed by atoms with E-state index < -0.39 is 22.7 Å². The summed E-state index contributed by atoms with van der Waals surface area (Å²) in [5.74, 6) is 1.85. The minimum absolute atomic E-state index is 0.197. The summed E-state index contributed by atoms with van der Waals surface area (Å²) < 4.78 is 0.915. The van der Waals surface area contributed by atoms with Crippen molar-refractivity contribution in [1.29, 1.82) is 0 Å². The Labute approximate surface area is 177 Å². The van der Waals surface area contributed by atoms with Crippen LogP contribution in [0.3, 0.4) is 0 Å². The van der Waals surface area contributed by atoms with Crippen LogP contribution in [0.1, 0.15) is 31.2 Å². The number of terminal acetylenes is 1. The number of aromatic nitrogens is 2. The second-order valence-electron chi connectivity index (χ2n) is 7.25. The van der Waals surface area contributed by atoms with E-state index >= 15 is 0 Å². The summed E-state index contributed by atoms with van der Waals surface area (Å²) in [6.07, 6.45) is 7.18. The van der Waals surface area contributed by atoms with Crippen LogP contribution < -0.4 is 21.8 Å². The number of aryl methyl sites for hydroxylation is 1. The van der Waals surface area contributed by atoms with Crippen LogP contribution in [0.4, 0.5) is 11.4 Å². The second-order valence-corrected chi connectivity index (χ2v) is 7.25. The molecule has 2 amide bonds. The summed E-state index contributed by atoms with van der Waals surface area (Å²) in [7, 11) is 0. The highest BCUT2D eigenvalue weighted by molar-refractivity contribution is 5.94. The van der Waals surface area contributed by atoms with Crippen LogP contribution in [0.5, 0.6) is 0 Å². The molecular formula is C21H22N6O4. The van der Waals surface area contributed by atoms with Gasteiger partial charge in [0.05, 0.1) is 0 Å². The maximum absolute atomic E-state index is 12.4. The number of anilines is 2. The molecule has 3 N–H and O–H groups in total. The van der Waals surface area contributed by atoms with Gasteiger partial charge in [-0.25, -0.2) is 4.68 Å². The van der Waals surface area contributed by atoms with Gasteiger partial charge in [0.15, 0.2) is 5.66 Å². The first-order valence-electron chi connectivity index (χ1n) is 9.68. The Morgan fingerprint density at radius 1 is 1.13 bits per heavy atom. The molecule has 1 aliphatic rings. The summed E-state index contributed by atoms with van der Waals surface area (Å²) in [6.45, 7) is 1.48. The number of benzene rings is 1. The van der Waals surface area contributed by atoms with Gasteiger partial charge < -0.3 is 10.6 Å². The van der Waals surface area contributed by atoms with E-state index in [1.54, 1.807) is 18.2 Å². The fourth-order valence-electron chi connectivity index (χ4n) is 2.95. The van der Waals surface area contributed by atoms with Gasteiger partial charge in [-0.15, -0.1) is 12.3 Å². The highest BCUT2D eigenvalue weighted by Gasteiger charge is 2.39. The molecule has 0 radical (unpaired) electrons. The number of carbonyl (C=O) groups excluding carboxylic acids is 2. The number of nitrogens with one attached hydrogen (secondary N) is 3. The molecule has 10 nitrogen and oxygen atoms in total. The lowest BCUT2D eigenvalue weighted by atomic mass is 10.0. The normalized spacial score (nSPS) is 13.3. The Morgan fingerprint density at radius 2 is 1.90 bits per heavy atom. The Hall–Kier alpha value is -4.00. The monoisotopic (exact) mass is 422 g/mol. The predicted molar refractivity (Wildman–Crippen MR) is 115 cm³/mol. The number of amides is 2. The lowest BCUT2D eigenvalue weighted by Crippen LogP contribution is -2.32. The summed E-state index contributed by atoms with van der Waals surface area (Å²) in [5.41, 5.74) is 0.301. The molecule has 3 rings (SSSR count).